The lowest BCUT2D eigenvalue weighted by Crippen LogP contribution is -2.32. The third-order valence-electron chi connectivity index (χ3n) is 4.73. The minimum absolute atomic E-state index is 0.218. The molecule has 0 heterocycles. The normalized spacial score (nSPS) is 12.1. The molecular weight excluding hydrogens is 379 g/mol. The van der Waals surface area contributed by atoms with Gasteiger partial charge in [0, 0.05) is 26.2 Å². The van der Waals surface area contributed by atoms with Crippen molar-refractivity contribution in [3.05, 3.63) is 101 Å². The van der Waals surface area contributed by atoms with Gasteiger partial charge < -0.3 is 15.2 Å². The zero-order valence-corrected chi connectivity index (χ0v) is 17.3. The second kappa shape index (κ2) is 11.5. The quantitative estimate of drug-likeness (QED) is 0.504. The van der Waals surface area contributed by atoms with E-state index in [0.29, 0.717) is 19.6 Å². The van der Waals surface area contributed by atoms with E-state index in [4.69, 9.17) is 4.74 Å². The molecule has 4 nitrogen and oxygen atoms in total. The van der Waals surface area contributed by atoms with Crippen LogP contribution in [0.15, 0.2) is 78.9 Å². The molecule has 3 aromatic carbocycles. The fourth-order valence-electron chi connectivity index (χ4n) is 3.27. The molecule has 0 aliphatic carbocycles. The predicted octanol–water partition coefficient (Wildman–Crippen LogP) is 3.99. The van der Waals surface area contributed by atoms with Crippen molar-refractivity contribution < 1.29 is 14.2 Å². The molecule has 0 aliphatic rings. The van der Waals surface area contributed by atoms with E-state index < -0.39 is 6.10 Å². The lowest BCUT2D eigenvalue weighted by molar-refractivity contribution is 0.0744. The Morgan fingerprint density at radius 3 is 2.33 bits per heavy atom. The van der Waals surface area contributed by atoms with E-state index in [1.807, 2.05) is 55.6 Å². The van der Waals surface area contributed by atoms with Crippen LogP contribution in [-0.2, 0) is 19.6 Å². The summed E-state index contributed by atoms with van der Waals surface area (Å²) in [4.78, 5) is 2.08. The van der Waals surface area contributed by atoms with Gasteiger partial charge in [-0.15, -0.1) is 0 Å². The highest BCUT2D eigenvalue weighted by Crippen LogP contribution is 2.13. The number of nitrogens with zero attached hydrogens (tertiary/aromatic N) is 1. The molecule has 0 aliphatic heterocycles. The lowest BCUT2D eigenvalue weighted by atomic mass is 10.2. The Morgan fingerprint density at radius 1 is 0.900 bits per heavy atom. The molecule has 0 saturated heterocycles. The van der Waals surface area contributed by atoms with Gasteiger partial charge in [0.25, 0.3) is 0 Å². The fraction of sp³-hybridized carbons (Fsp3) is 0.280. The summed E-state index contributed by atoms with van der Waals surface area (Å²) < 4.78 is 18.9. The molecule has 3 rings (SSSR count). The molecule has 0 unspecified atom stereocenters. The van der Waals surface area contributed by atoms with E-state index in [1.54, 1.807) is 6.07 Å². The first kappa shape index (κ1) is 22.0. The first-order valence-corrected chi connectivity index (χ1v) is 10.2. The van der Waals surface area contributed by atoms with Crippen molar-refractivity contribution in [1.82, 2.24) is 10.2 Å². The highest BCUT2D eigenvalue weighted by molar-refractivity contribution is 5.27. The lowest BCUT2D eigenvalue weighted by Gasteiger charge is -2.21. The van der Waals surface area contributed by atoms with Gasteiger partial charge in [-0.2, -0.15) is 0 Å². The number of ether oxygens (including phenoxy) is 1. The van der Waals surface area contributed by atoms with Crippen LogP contribution in [0.3, 0.4) is 0 Å². The van der Waals surface area contributed by atoms with Crippen LogP contribution in [0.1, 0.15) is 16.7 Å². The number of aliphatic hydroxyl groups excluding tert-OH is 1. The molecule has 1 atom stereocenters. The Labute approximate surface area is 177 Å². The molecular formula is C25H29FN2O2. The molecule has 30 heavy (non-hydrogen) atoms. The third-order valence-corrected chi connectivity index (χ3v) is 4.73. The van der Waals surface area contributed by atoms with Crippen LogP contribution in [0, 0.1) is 5.82 Å². The third kappa shape index (κ3) is 7.59. The summed E-state index contributed by atoms with van der Waals surface area (Å²) in [6.07, 6.45) is -0.564. The van der Waals surface area contributed by atoms with Gasteiger partial charge in [0.05, 0.1) is 0 Å². The molecule has 0 saturated carbocycles. The zero-order valence-electron chi connectivity index (χ0n) is 17.3. The van der Waals surface area contributed by atoms with E-state index in [0.717, 1.165) is 23.4 Å². The Hall–Kier alpha value is -2.73. The molecule has 0 amide bonds. The largest absolute Gasteiger partial charge is 0.491 e. The summed E-state index contributed by atoms with van der Waals surface area (Å²) in [7, 11) is 1.99. The number of hydrogen-bond donors (Lipinski definition) is 2. The Bertz CT molecular complexity index is 887. The number of hydrogen-bond acceptors (Lipinski definition) is 4. The SMILES string of the molecule is CN(Cc1ccccc1)C[C@H](O)COc1ccc(CNCc2cccc(F)c2)cc1. The summed E-state index contributed by atoms with van der Waals surface area (Å²) in [6.45, 7) is 2.87. The molecule has 0 bridgehead atoms. The van der Waals surface area contributed by atoms with Crippen molar-refractivity contribution in [1.29, 1.82) is 0 Å². The van der Waals surface area contributed by atoms with Gasteiger partial charge >= 0.3 is 0 Å². The molecule has 3 aromatic rings. The fourth-order valence-corrected chi connectivity index (χ4v) is 3.27. The van der Waals surface area contributed by atoms with Gasteiger partial charge in [-0.25, -0.2) is 4.39 Å². The maximum Gasteiger partial charge on any atom is 0.123 e. The highest BCUT2D eigenvalue weighted by atomic mass is 19.1. The number of rotatable bonds is 11. The molecule has 5 heteroatoms. The molecule has 0 fully saturated rings. The summed E-state index contributed by atoms with van der Waals surface area (Å²) >= 11 is 0. The van der Waals surface area contributed by atoms with Crippen LogP contribution in [0.2, 0.25) is 0 Å². The van der Waals surface area contributed by atoms with Gasteiger partial charge in [0.15, 0.2) is 0 Å². The number of nitrogens with one attached hydrogen (secondary N) is 1. The number of likely N-dealkylation sites (N-methyl/N-ethyl adjacent to an activating group) is 1. The molecule has 0 radical (unpaired) electrons. The first-order valence-electron chi connectivity index (χ1n) is 10.2. The average molecular weight is 409 g/mol. The van der Waals surface area contributed by atoms with Crippen LogP contribution in [0.25, 0.3) is 0 Å². The maximum atomic E-state index is 13.2. The minimum atomic E-state index is -0.564. The van der Waals surface area contributed by atoms with E-state index in [-0.39, 0.29) is 12.4 Å². The van der Waals surface area contributed by atoms with E-state index in [2.05, 4.69) is 22.3 Å². The summed E-state index contributed by atoms with van der Waals surface area (Å²) in [5, 5.41) is 13.6. The van der Waals surface area contributed by atoms with E-state index in [1.165, 1.54) is 17.7 Å². The van der Waals surface area contributed by atoms with E-state index in [9.17, 15) is 9.50 Å². The maximum absolute atomic E-state index is 13.2. The van der Waals surface area contributed by atoms with Crippen molar-refractivity contribution in [3.63, 3.8) is 0 Å². The predicted molar refractivity (Wildman–Crippen MR) is 118 cm³/mol. The molecule has 0 spiro atoms. The van der Waals surface area contributed by atoms with Crippen LogP contribution < -0.4 is 10.1 Å². The van der Waals surface area contributed by atoms with Gasteiger partial charge in [-0.3, -0.25) is 4.90 Å². The topological polar surface area (TPSA) is 44.7 Å². The Kier molecular flexibility index (Phi) is 8.39. The number of benzene rings is 3. The van der Waals surface area contributed by atoms with Crippen LogP contribution in [0.5, 0.6) is 5.75 Å². The minimum Gasteiger partial charge on any atom is -0.491 e. The van der Waals surface area contributed by atoms with Gasteiger partial charge in [0.2, 0.25) is 0 Å². The van der Waals surface area contributed by atoms with Crippen LogP contribution in [-0.4, -0.2) is 36.3 Å². The van der Waals surface area contributed by atoms with Crippen molar-refractivity contribution in [3.8, 4) is 5.75 Å². The smallest absolute Gasteiger partial charge is 0.123 e. The molecule has 158 valence electrons. The summed E-state index contributed by atoms with van der Waals surface area (Å²) in [5.74, 6) is 0.512. The van der Waals surface area contributed by atoms with Crippen molar-refractivity contribution in [2.45, 2.75) is 25.7 Å². The van der Waals surface area contributed by atoms with E-state index >= 15 is 0 Å². The van der Waals surface area contributed by atoms with Gasteiger partial charge in [-0.05, 0) is 48.0 Å². The summed E-state index contributed by atoms with van der Waals surface area (Å²) in [5.41, 5.74) is 3.25. The standard InChI is InChI=1S/C25H29FN2O2/c1-28(17-21-6-3-2-4-7-21)18-24(29)19-30-25-12-10-20(11-13-25)15-27-16-22-8-5-9-23(26)14-22/h2-14,24,27,29H,15-19H2,1H3/t24-/m0/s1. The van der Waals surface area contributed by atoms with Crippen molar-refractivity contribution in [2.24, 2.45) is 0 Å². The molecule has 0 aromatic heterocycles. The van der Waals surface area contributed by atoms with Crippen LogP contribution >= 0.6 is 0 Å². The van der Waals surface area contributed by atoms with Gasteiger partial charge in [-0.1, -0.05) is 54.6 Å². The van der Waals surface area contributed by atoms with Gasteiger partial charge in [0.1, 0.15) is 24.3 Å². The van der Waals surface area contributed by atoms with Crippen molar-refractivity contribution >= 4 is 0 Å². The zero-order chi connectivity index (χ0) is 21.2. The Balaban J connectivity index is 1.36. The Morgan fingerprint density at radius 2 is 1.60 bits per heavy atom. The molecule has 2 N–H and O–H groups in total. The van der Waals surface area contributed by atoms with Crippen LogP contribution in [0.4, 0.5) is 4.39 Å². The van der Waals surface area contributed by atoms with Crippen molar-refractivity contribution in [2.75, 3.05) is 20.2 Å². The highest BCUT2D eigenvalue weighted by Gasteiger charge is 2.10. The summed E-state index contributed by atoms with van der Waals surface area (Å²) in [6, 6.07) is 24.6. The second-order valence-electron chi connectivity index (χ2n) is 7.52. The number of halogens is 1. The average Bonchev–Trinajstić information content (AvgIpc) is 2.74. The monoisotopic (exact) mass is 408 g/mol. The number of aliphatic hydroxyl groups is 1. The second-order valence-corrected chi connectivity index (χ2v) is 7.52. The first-order chi connectivity index (χ1) is 14.6.